The van der Waals surface area contributed by atoms with Crippen molar-refractivity contribution in [1.82, 2.24) is 10.3 Å². The second-order valence-electron chi connectivity index (χ2n) is 5.79. The van der Waals surface area contributed by atoms with Gasteiger partial charge in [0.1, 0.15) is 0 Å². The molecule has 2 atom stereocenters. The van der Waals surface area contributed by atoms with Crippen molar-refractivity contribution in [1.29, 1.82) is 0 Å². The highest BCUT2D eigenvalue weighted by atomic mass is 16.5. The van der Waals surface area contributed by atoms with Gasteiger partial charge < -0.3 is 10.1 Å². The lowest BCUT2D eigenvalue weighted by Gasteiger charge is -2.37. The molecule has 0 saturated heterocycles. The molecule has 0 aliphatic rings. The Labute approximate surface area is 111 Å². The van der Waals surface area contributed by atoms with Crippen LogP contribution in [0.5, 0.6) is 0 Å². The average Bonchev–Trinajstić information content (AvgIpc) is 2.28. The lowest BCUT2D eigenvalue weighted by molar-refractivity contribution is -0.0118. The van der Waals surface area contributed by atoms with Crippen molar-refractivity contribution in [2.75, 3.05) is 13.7 Å². The van der Waals surface area contributed by atoms with E-state index in [0.717, 1.165) is 6.54 Å². The number of hydrogen-bond donors (Lipinski definition) is 1. The summed E-state index contributed by atoms with van der Waals surface area (Å²) in [6.45, 7) is 11.8. The first kappa shape index (κ1) is 15.1. The first-order valence-corrected chi connectivity index (χ1v) is 6.58. The van der Waals surface area contributed by atoms with Gasteiger partial charge in [0.05, 0.1) is 12.1 Å². The number of pyridine rings is 1. The Balaban J connectivity index is 3.13. The number of nitrogens with zero attached hydrogens (tertiary/aromatic N) is 1. The van der Waals surface area contributed by atoms with E-state index in [1.54, 1.807) is 7.11 Å². The number of aromatic nitrogens is 1. The highest BCUT2D eigenvalue weighted by Gasteiger charge is 2.33. The van der Waals surface area contributed by atoms with E-state index < -0.39 is 0 Å². The zero-order valence-corrected chi connectivity index (χ0v) is 12.4. The van der Waals surface area contributed by atoms with E-state index in [1.807, 2.05) is 12.4 Å². The van der Waals surface area contributed by atoms with Gasteiger partial charge in [-0.25, -0.2) is 0 Å². The third kappa shape index (κ3) is 3.53. The molecular weight excluding hydrogens is 224 g/mol. The van der Waals surface area contributed by atoms with Crippen LogP contribution in [0.2, 0.25) is 0 Å². The quantitative estimate of drug-likeness (QED) is 0.872. The van der Waals surface area contributed by atoms with Crippen molar-refractivity contribution in [3.63, 3.8) is 0 Å². The Morgan fingerprint density at radius 2 is 2.06 bits per heavy atom. The van der Waals surface area contributed by atoms with Gasteiger partial charge in [0, 0.05) is 19.5 Å². The zero-order valence-electron chi connectivity index (χ0n) is 12.4. The molecule has 18 heavy (non-hydrogen) atoms. The van der Waals surface area contributed by atoms with Crippen LogP contribution in [0.15, 0.2) is 18.5 Å². The second-order valence-corrected chi connectivity index (χ2v) is 5.79. The predicted octanol–water partition coefficient (Wildman–Crippen LogP) is 3.10. The fourth-order valence-electron chi connectivity index (χ4n) is 2.39. The van der Waals surface area contributed by atoms with E-state index in [-0.39, 0.29) is 17.6 Å². The van der Waals surface area contributed by atoms with Crippen molar-refractivity contribution in [2.45, 2.75) is 46.8 Å². The monoisotopic (exact) mass is 250 g/mol. The maximum Gasteiger partial charge on any atom is 0.0814 e. The van der Waals surface area contributed by atoms with Crippen LogP contribution in [0.4, 0.5) is 0 Å². The van der Waals surface area contributed by atoms with Gasteiger partial charge in [0.25, 0.3) is 0 Å². The van der Waals surface area contributed by atoms with Gasteiger partial charge in [0.2, 0.25) is 0 Å². The molecule has 0 amide bonds. The van der Waals surface area contributed by atoms with Crippen LogP contribution in [-0.2, 0) is 4.74 Å². The van der Waals surface area contributed by atoms with Gasteiger partial charge in [-0.15, -0.1) is 0 Å². The Bertz CT molecular complexity index is 371. The molecule has 1 N–H and O–H groups in total. The molecule has 0 radical (unpaired) electrons. The summed E-state index contributed by atoms with van der Waals surface area (Å²) in [4.78, 5) is 4.25. The fourth-order valence-corrected chi connectivity index (χ4v) is 2.39. The van der Waals surface area contributed by atoms with E-state index in [9.17, 15) is 0 Å². The minimum atomic E-state index is 0.0733. The molecule has 0 spiro atoms. The summed E-state index contributed by atoms with van der Waals surface area (Å²) in [5.41, 5.74) is 2.55. The number of likely N-dealkylation sites (N-methyl/N-ethyl adjacent to an activating group) is 1. The summed E-state index contributed by atoms with van der Waals surface area (Å²) < 4.78 is 5.75. The van der Waals surface area contributed by atoms with E-state index in [2.05, 4.69) is 51.0 Å². The van der Waals surface area contributed by atoms with E-state index in [0.29, 0.717) is 0 Å². The van der Waals surface area contributed by atoms with Crippen LogP contribution in [0.25, 0.3) is 0 Å². The summed E-state index contributed by atoms with van der Waals surface area (Å²) in [7, 11) is 1.78. The van der Waals surface area contributed by atoms with Gasteiger partial charge in [-0.3, -0.25) is 4.98 Å². The molecule has 0 aromatic carbocycles. The Kier molecular flexibility index (Phi) is 5.29. The first-order chi connectivity index (χ1) is 8.41. The Morgan fingerprint density at radius 1 is 1.39 bits per heavy atom. The van der Waals surface area contributed by atoms with Crippen LogP contribution in [0, 0.1) is 12.3 Å². The molecule has 1 aromatic rings. The summed E-state index contributed by atoms with van der Waals surface area (Å²) in [6, 6.07) is 2.23. The molecule has 102 valence electrons. The molecule has 1 aromatic heterocycles. The summed E-state index contributed by atoms with van der Waals surface area (Å²) in [5, 5.41) is 3.53. The number of rotatable bonds is 5. The molecule has 0 aliphatic heterocycles. The van der Waals surface area contributed by atoms with E-state index in [1.165, 1.54) is 11.1 Å². The number of ether oxygens (including phenoxy) is 1. The van der Waals surface area contributed by atoms with Crippen LogP contribution in [0.1, 0.15) is 44.9 Å². The van der Waals surface area contributed by atoms with Gasteiger partial charge in [-0.2, -0.15) is 0 Å². The number of aryl methyl sites for hydroxylation is 1. The lowest BCUT2D eigenvalue weighted by atomic mass is 9.81. The Hall–Kier alpha value is -0.930. The number of hydrogen-bond acceptors (Lipinski definition) is 3. The minimum Gasteiger partial charge on any atom is -0.379 e. The zero-order chi connectivity index (χ0) is 13.8. The average molecular weight is 250 g/mol. The highest BCUT2D eigenvalue weighted by Crippen LogP contribution is 2.33. The van der Waals surface area contributed by atoms with Crippen molar-refractivity contribution in [3.8, 4) is 0 Å². The molecule has 3 heteroatoms. The van der Waals surface area contributed by atoms with Gasteiger partial charge in [-0.05, 0) is 36.1 Å². The largest absolute Gasteiger partial charge is 0.379 e. The molecule has 0 fully saturated rings. The lowest BCUT2D eigenvalue weighted by Crippen LogP contribution is -2.41. The van der Waals surface area contributed by atoms with Crippen LogP contribution in [0.3, 0.4) is 0 Å². The topological polar surface area (TPSA) is 34.2 Å². The molecule has 2 unspecified atom stereocenters. The van der Waals surface area contributed by atoms with Crippen molar-refractivity contribution in [3.05, 3.63) is 29.6 Å². The molecule has 1 heterocycles. The molecule has 3 nitrogen and oxygen atoms in total. The fraction of sp³-hybridized carbons (Fsp3) is 0.667. The van der Waals surface area contributed by atoms with Gasteiger partial charge >= 0.3 is 0 Å². The second kappa shape index (κ2) is 6.30. The van der Waals surface area contributed by atoms with Gasteiger partial charge in [-0.1, -0.05) is 27.7 Å². The van der Waals surface area contributed by atoms with Crippen LogP contribution < -0.4 is 5.32 Å². The third-order valence-electron chi connectivity index (χ3n) is 3.25. The van der Waals surface area contributed by atoms with E-state index >= 15 is 0 Å². The van der Waals surface area contributed by atoms with Crippen LogP contribution >= 0.6 is 0 Å². The highest BCUT2D eigenvalue weighted by molar-refractivity contribution is 5.26. The third-order valence-corrected chi connectivity index (χ3v) is 3.25. The molecule has 0 saturated carbocycles. The summed E-state index contributed by atoms with van der Waals surface area (Å²) in [6.07, 6.45) is 3.89. The minimum absolute atomic E-state index is 0.0733. The smallest absolute Gasteiger partial charge is 0.0814 e. The van der Waals surface area contributed by atoms with Crippen LogP contribution in [-0.4, -0.2) is 24.7 Å². The van der Waals surface area contributed by atoms with Crippen molar-refractivity contribution >= 4 is 0 Å². The predicted molar refractivity (Wildman–Crippen MR) is 75.6 cm³/mol. The maximum absolute atomic E-state index is 5.75. The summed E-state index contributed by atoms with van der Waals surface area (Å²) in [5.74, 6) is 0. The first-order valence-electron chi connectivity index (χ1n) is 6.58. The summed E-state index contributed by atoms with van der Waals surface area (Å²) >= 11 is 0. The number of nitrogens with one attached hydrogen (secondary N) is 1. The van der Waals surface area contributed by atoms with E-state index in [4.69, 9.17) is 4.74 Å². The molecule has 0 bridgehead atoms. The normalized spacial score (nSPS) is 15.4. The molecular formula is C15H26N2O. The maximum atomic E-state index is 5.75. The SMILES string of the molecule is CCNC(c1cnccc1C)C(OC)C(C)(C)C. The Morgan fingerprint density at radius 3 is 2.50 bits per heavy atom. The van der Waals surface area contributed by atoms with Crippen molar-refractivity contribution in [2.24, 2.45) is 5.41 Å². The number of methoxy groups -OCH3 is 1. The molecule has 0 aliphatic carbocycles. The molecule has 1 rings (SSSR count). The van der Waals surface area contributed by atoms with Gasteiger partial charge in [0.15, 0.2) is 0 Å². The standard InChI is InChI=1S/C15H26N2O/c1-7-17-13(14(18-6)15(3,4)5)12-10-16-9-8-11(12)2/h8-10,13-14,17H,7H2,1-6H3. The van der Waals surface area contributed by atoms with Crippen molar-refractivity contribution < 1.29 is 4.74 Å².